The Labute approximate surface area is 124 Å². The van der Waals surface area contributed by atoms with Crippen LogP contribution in [-0.4, -0.2) is 30.5 Å². The Morgan fingerprint density at radius 1 is 1.50 bits per heavy atom. The van der Waals surface area contributed by atoms with Crippen molar-refractivity contribution in [3.05, 3.63) is 23.8 Å². The lowest BCUT2D eigenvalue weighted by molar-refractivity contribution is 0.0696. The molecule has 4 nitrogen and oxygen atoms in total. The zero-order valence-electron chi connectivity index (χ0n) is 12.1. The van der Waals surface area contributed by atoms with E-state index in [9.17, 15) is 9.90 Å². The summed E-state index contributed by atoms with van der Waals surface area (Å²) >= 11 is 1.57. The number of aromatic carboxylic acids is 1. The van der Waals surface area contributed by atoms with Crippen molar-refractivity contribution in [2.45, 2.75) is 20.3 Å². The Balaban J connectivity index is 2.18. The largest absolute Gasteiger partial charge is 0.493 e. The van der Waals surface area contributed by atoms with Gasteiger partial charge in [-0.15, -0.1) is 0 Å². The Morgan fingerprint density at radius 2 is 2.20 bits per heavy atom. The molecule has 20 heavy (non-hydrogen) atoms. The summed E-state index contributed by atoms with van der Waals surface area (Å²) < 4.78 is 7.81. The smallest absolute Gasteiger partial charge is 0.335 e. The second kappa shape index (κ2) is 6.39. The third kappa shape index (κ3) is 3.60. The van der Waals surface area contributed by atoms with Gasteiger partial charge in [-0.25, -0.2) is 4.79 Å². The highest BCUT2D eigenvalue weighted by Gasteiger charge is 2.33. The molecular formula is C15H21NO3S. The number of carbonyl (C=O) groups is 1. The monoisotopic (exact) mass is 295 g/mol. The summed E-state index contributed by atoms with van der Waals surface area (Å²) in [6.07, 6.45) is 3.18. The molecule has 110 valence electrons. The van der Waals surface area contributed by atoms with Crippen molar-refractivity contribution in [1.29, 1.82) is 0 Å². The number of carboxylic acid groups (broad SMARTS) is 1. The standard InChI is InChI=1S/C15H21NO3S/c1-4-16(20-3)13-6-11(15(17)18)7-14(8-13)19-9-12-5-10(12)2/h6-8,10,12H,4-5,9H2,1-3H3,(H,17,18). The van der Waals surface area contributed by atoms with E-state index in [0.717, 1.165) is 18.2 Å². The highest BCUT2D eigenvalue weighted by Crippen LogP contribution is 2.38. The molecule has 1 aromatic carbocycles. The van der Waals surface area contributed by atoms with Crippen molar-refractivity contribution in [2.75, 3.05) is 23.7 Å². The van der Waals surface area contributed by atoms with Crippen LogP contribution in [0.15, 0.2) is 18.2 Å². The first-order chi connectivity index (χ1) is 9.55. The van der Waals surface area contributed by atoms with Crippen molar-refractivity contribution >= 4 is 23.6 Å². The van der Waals surface area contributed by atoms with Gasteiger partial charge in [0.2, 0.25) is 0 Å². The molecule has 5 heteroatoms. The number of anilines is 1. The van der Waals surface area contributed by atoms with Crippen LogP contribution in [0, 0.1) is 11.8 Å². The van der Waals surface area contributed by atoms with Crippen LogP contribution in [0.4, 0.5) is 5.69 Å². The van der Waals surface area contributed by atoms with Gasteiger partial charge < -0.3 is 14.1 Å². The van der Waals surface area contributed by atoms with E-state index in [-0.39, 0.29) is 5.56 Å². The van der Waals surface area contributed by atoms with Gasteiger partial charge >= 0.3 is 5.97 Å². The summed E-state index contributed by atoms with van der Waals surface area (Å²) in [6.45, 7) is 5.73. The predicted molar refractivity (Wildman–Crippen MR) is 82.7 cm³/mol. The number of hydrogen-bond donors (Lipinski definition) is 1. The second-order valence-electron chi connectivity index (χ2n) is 5.18. The molecule has 0 radical (unpaired) electrons. The fraction of sp³-hybridized carbons (Fsp3) is 0.533. The van der Waals surface area contributed by atoms with Crippen LogP contribution in [0.3, 0.4) is 0 Å². The number of nitrogens with zero attached hydrogens (tertiary/aromatic N) is 1. The highest BCUT2D eigenvalue weighted by molar-refractivity contribution is 7.99. The number of rotatable bonds is 7. The minimum absolute atomic E-state index is 0.272. The lowest BCUT2D eigenvalue weighted by atomic mass is 10.2. The van der Waals surface area contributed by atoms with Crippen LogP contribution >= 0.6 is 11.9 Å². The predicted octanol–water partition coefficient (Wildman–Crippen LogP) is 3.52. The molecule has 0 bridgehead atoms. The van der Waals surface area contributed by atoms with Crippen LogP contribution < -0.4 is 9.04 Å². The summed E-state index contributed by atoms with van der Waals surface area (Å²) in [7, 11) is 0. The molecule has 1 aliphatic carbocycles. The third-order valence-corrected chi connectivity index (χ3v) is 4.58. The van der Waals surface area contributed by atoms with Gasteiger partial charge in [-0.1, -0.05) is 18.9 Å². The molecule has 2 atom stereocenters. The van der Waals surface area contributed by atoms with Gasteiger partial charge in [0.1, 0.15) is 5.75 Å². The molecule has 2 rings (SSSR count). The number of benzene rings is 1. The van der Waals surface area contributed by atoms with Crippen LogP contribution in [0.25, 0.3) is 0 Å². The minimum atomic E-state index is -0.923. The van der Waals surface area contributed by atoms with Gasteiger partial charge in [0, 0.05) is 18.9 Å². The maximum absolute atomic E-state index is 11.2. The molecule has 1 saturated carbocycles. The molecule has 0 amide bonds. The number of carboxylic acids is 1. The molecule has 0 aromatic heterocycles. The topological polar surface area (TPSA) is 49.8 Å². The summed E-state index contributed by atoms with van der Waals surface area (Å²) in [5.74, 6) is 1.07. The molecule has 1 fully saturated rings. The lowest BCUT2D eigenvalue weighted by Gasteiger charge is -2.20. The Morgan fingerprint density at radius 3 is 2.70 bits per heavy atom. The third-order valence-electron chi connectivity index (χ3n) is 3.67. The van der Waals surface area contributed by atoms with E-state index in [1.807, 2.05) is 23.6 Å². The second-order valence-corrected chi connectivity index (χ2v) is 5.99. The first-order valence-corrected chi connectivity index (χ1v) is 8.06. The lowest BCUT2D eigenvalue weighted by Crippen LogP contribution is -2.13. The van der Waals surface area contributed by atoms with Crippen LogP contribution in [0.2, 0.25) is 0 Å². The molecule has 0 aliphatic heterocycles. The van der Waals surface area contributed by atoms with Gasteiger partial charge in [0.05, 0.1) is 17.9 Å². The fourth-order valence-corrected chi connectivity index (χ4v) is 2.76. The zero-order valence-corrected chi connectivity index (χ0v) is 12.9. The molecule has 0 spiro atoms. The molecule has 2 unspecified atom stereocenters. The molecule has 1 aromatic rings. The van der Waals surface area contributed by atoms with E-state index in [4.69, 9.17) is 4.74 Å². The molecule has 1 N–H and O–H groups in total. The highest BCUT2D eigenvalue weighted by atomic mass is 32.2. The average Bonchev–Trinajstić information content (AvgIpc) is 3.13. The van der Waals surface area contributed by atoms with Gasteiger partial charge in [-0.05, 0) is 37.3 Å². The SMILES string of the molecule is CCN(SC)c1cc(OCC2CC2C)cc(C(=O)O)c1. The Hall–Kier alpha value is -1.36. The van der Waals surface area contributed by atoms with E-state index < -0.39 is 5.97 Å². The molecular weight excluding hydrogens is 274 g/mol. The Kier molecular flexibility index (Phi) is 4.81. The maximum atomic E-state index is 11.2. The average molecular weight is 295 g/mol. The minimum Gasteiger partial charge on any atom is -0.493 e. The van der Waals surface area contributed by atoms with Crippen molar-refractivity contribution in [2.24, 2.45) is 11.8 Å². The summed E-state index contributed by atoms with van der Waals surface area (Å²) in [5.41, 5.74) is 1.15. The normalized spacial score (nSPS) is 20.6. The molecule has 0 heterocycles. The number of ether oxygens (including phenoxy) is 1. The van der Waals surface area contributed by atoms with E-state index in [2.05, 4.69) is 6.92 Å². The molecule has 0 saturated heterocycles. The van der Waals surface area contributed by atoms with Crippen molar-refractivity contribution < 1.29 is 14.6 Å². The first kappa shape index (κ1) is 15.0. The summed E-state index contributed by atoms with van der Waals surface area (Å²) in [5, 5.41) is 9.21. The quantitative estimate of drug-likeness (QED) is 0.780. The van der Waals surface area contributed by atoms with Crippen LogP contribution in [-0.2, 0) is 0 Å². The van der Waals surface area contributed by atoms with Gasteiger partial charge in [-0.2, -0.15) is 0 Å². The van der Waals surface area contributed by atoms with E-state index in [1.54, 1.807) is 24.1 Å². The van der Waals surface area contributed by atoms with Crippen LogP contribution in [0.5, 0.6) is 5.75 Å². The van der Waals surface area contributed by atoms with E-state index in [1.165, 1.54) is 6.42 Å². The number of hydrogen-bond acceptors (Lipinski definition) is 4. The van der Waals surface area contributed by atoms with Crippen LogP contribution in [0.1, 0.15) is 30.6 Å². The van der Waals surface area contributed by atoms with Crippen molar-refractivity contribution in [3.8, 4) is 5.75 Å². The van der Waals surface area contributed by atoms with Gasteiger partial charge in [0.15, 0.2) is 0 Å². The fourth-order valence-electron chi connectivity index (χ4n) is 2.19. The van der Waals surface area contributed by atoms with Gasteiger partial charge in [-0.3, -0.25) is 0 Å². The first-order valence-electron chi connectivity index (χ1n) is 6.88. The summed E-state index contributed by atoms with van der Waals surface area (Å²) in [4.78, 5) is 11.2. The Bertz CT molecular complexity index is 488. The maximum Gasteiger partial charge on any atom is 0.335 e. The zero-order chi connectivity index (χ0) is 14.7. The molecule has 1 aliphatic rings. The van der Waals surface area contributed by atoms with Crippen molar-refractivity contribution in [3.63, 3.8) is 0 Å². The van der Waals surface area contributed by atoms with E-state index in [0.29, 0.717) is 18.3 Å². The summed E-state index contributed by atoms with van der Waals surface area (Å²) in [6, 6.07) is 5.21. The van der Waals surface area contributed by atoms with Gasteiger partial charge in [0.25, 0.3) is 0 Å². The van der Waals surface area contributed by atoms with E-state index >= 15 is 0 Å². The van der Waals surface area contributed by atoms with Crippen molar-refractivity contribution in [1.82, 2.24) is 0 Å².